The Balaban J connectivity index is 2.21. The van der Waals surface area contributed by atoms with Gasteiger partial charge in [-0.2, -0.15) is 0 Å². The predicted molar refractivity (Wildman–Crippen MR) is 123 cm³/mol. The summed E-state index contributed by atoms with van der Waals surface area (Å²) >= 11 is 0. The van der Waals surface area contributed by atoms with Crippen molar-refractivity contribution in [2.45, 2.75) is 108 Å². The molecule has 0 amide bonds. The minimum atomic E-state index is -0.876. The maximum absolute atomic E-state index is 11.0. The van der Waals surface area contributed by atoms with E-state index in [1.807, 2.05) is 6.07 Å². The van der Waals surface area contributed by atoms with Crippen LogP contribution in [-0.4, -0.2) is 39.2 Å². The zero-order valence-electron chi connectivity index (χ0n) is 19.4. The molecule has 0 aromatic heterocycles. The molecule has 0 bridgehead atoms. The van der Waals surface area contributed by atoms with Crippen LogP contribution >= 0.6 is 0 Å². The summed E-state index contributed by atoms with van der Waals surface area (Å²) in [6, 6.07) is 6.13. The van der Waals surface area contributed by atoms with E-state index >= 15 is 0 Å². The number of hydrogen-bond donors (Lipinski definition) is 4. The zero-order chi connectivity index (χ0) is 22.2. The molecule has 2 rings (SSSR count). The molecule has 1 aliphatic carbocycles. The molecule has 0 saturated heterocycles. The lowest BCUT2D eigenvalue weighted by molar-refractivity contribution is -0.0379. The van der Waals surface area contributed by atoms with E-state index in [4.69, 9.17) is 0 Å². The van der Waals surface area contributed by atoms with Gasteiger partial charge in [-0.05, 0) is 79.4 Å². The van der Waals surface area contributed by atoms with Crippen LogP contribution < -0.4 is 0 Å². The Morgan fingerprint density at radius 3 is 2.47 bits per heavy atom. The molecule has 1 saturated carbocycles. The monoisotopic (exact) mass is 420 g/mol. The first-order valence-electron chi connectivity index (χ1n) is 12.0. The summed E-state index contributed by atoms with van der Waals surface area (Å²) in [5.41, 5.74) is 1.20. The fourth-order valence-corrected chi connectivity index (χ4v) is 5.25. The van der Waals surface area contributed by atoms with Gasteiger partial charge < -0.3 is 20.4 Å². The van der Waals surface area contributed by atoms with Crippen LogP contribution in [0.1, 0.15) is 108 Å². The molecule has 4 heteroatoms. The van der Waals surface area contributed by atoms with Gasteiger partial charge in [0.05, 0.1) is 5.60 Å². The second kappa shape index (κ2) is 11.5. The van der Waals surface area contributed by atoms with Crippen molar-refractivity contribution in [1.82, 2.24) is 0 Å². The zero-order valence-corrected chi connectivity index (χ0v) is 19.4. The van der Waals surface area contributed by atoms with Gasteiger partial charge in [-0.1, -0.05) is 58.6 Å². The molecule has 3 atom stereocenters. The fraction of sp³-hybridized carbons (Fsp3) is 0.769. The number of hydrogen-bond acceptors (Lipinski definition) is 4. The van der Waals surface area contributed by atoms with Crippen molar-refractivity contribution in [1.29, 1.82) is 0 Å². The standard InChI is InChI=1S/C26H44O4/c1-4-5-6-7-13-25(2,3)21-10-11-22(24(29)18-21)23-19-26(30,15-17-28)14-12-20(23)9-8-16-27/h10-11,18,20,23,27-30H,4-9,12-17,19H2,1-3H3. The van der Waals surface area contributed by atoms with E-state index in [2.05, 4.69) is 32.9 Å². The molecular weight excluding hydrogens is 376 g/mol. The number of benzene rings is 1. The van der Waals surface area contributed by atoms with E-state index in [0.717, 1.165) is 36.8 Å². The van der Waals surface area contributed by atoms with Crippen LogP contribution in [0.4, 0.5) is 0 Å². The highest BCUT2D eigenvalue weighted by Gasteiger charge is 2.40. The first-order valence-corrected chi connectivity index (χ1v) is 12.0. The van der Waals surface area contributed by atoms with Gasteiger partial charge in [-0.3, -0.25) is 0 Å². The van der Waals surface area contributed by atoms with Crippen LogP contribution in [0.25, 0.3) is 0 Å². The molecule has 172 valence electrons. The molecule has 30 heavy (non-hydrogen) atoms. The molecule has 1 fully saturated rings. The van der Waals surface area contributed by atoms with Crippen LogP contribution in [0, 0.1) is 5.92 Å². The van der Waals surface area contributed by atoms with Gasteiger partial charge in [-0.25, -0.2) is 0 Å². The average Bonchev–Trinajstić information content (AvgIpc) is 2.70. The molecule has 0 radical (unpaired) electrons. The Labute approximate surface area is 183 Å². The predicted octanol–water partition coefficient (Wildman–Crippen LogP) is 5.41. The summed E-state index contributed by atoms with van der Waals surface area (Å²) in [6.45, 7) is 6.86. The lowest BCUT2D eigenvalue weighted by Gasteiger charge is -2.42. The normalized spacial score (nSPS) is 24.9. The molecule has 1 aliphatic rings. The average molecular weight is 421 g/mol. The fourth-order valence-electron chi connectivity index (χ4n) is 5.25. The van der Waals surface area contributed by atoms with E-state index in [1.54, 1.807) is 0 Å². The van der Waals surface area contributed by atoms with Gasteiger partial charge in [-0.15, -0.1) is 0 Å². The number of phenols is 1. The first-order chi connectivity index (χ1) is 14.3. The Kier molecular flexibility index (Phi) is 9.65. The Bertz CT molecular complexity index is 642. The third-order valence-electron chi connectivity index (χ3n) is 7.33. The van der Waals surface area contributed by atoms with Crippen molar-refractivity contribution < 1.29 is 20.4 Å². The molecule has 4 N–H and O–H groups in total. The number of aliphatic hydroxyl groups excluding tert-OH is 2. The number of phenolic OH excluding ortho intramolecular Hbond substituents is 1. The van der Waals surface area contributed by atoms with Crippen LogP contribution in [-0.2, 0) is 5.41 Å². The Morgan fingerprint density at radius 1 is 1.07 bits per heavy atom. The summed E-state index contributed by atoms with van der Waals surface area (Å²) < 4.78 is 0. The summed E-state index contributed by atoms with van der Waals surface area (Å²) in [7, 11) is 0. The Morgan fingerprint density at radius 2 is 1.83 bits per heavy atom. The minimum absolute atomic E-state index is 0.0181. The van der Waals surface area contributed by atoms with Gasteiger partial charge in [0.15, 0.2) is 0 Å². The summed E-state index contributed by atoms with van der Waals surface area (Å²) in [6.07, 6.45) is 10.1. The molecular formula is C26H44O4. The van der Waals surface area contributed by atoms with Gasteiger partial charge in [0, 0.05) is 13.2 Å². The smallest absolute Gasteiger partial charge is 0.119 e. The topological polar surface area (TPSA) is 80.9 Å². The van der Waals surface area contributed by atoms with E-state index < -0.39 is 5.60 Å². The van der Waals surface area contributed by atoms with Gasteiger partial charge in [0.25, 0.3) is 0 Å². The quantitative estimate of drug-likeness (QED) is 0.341. The minimum Gasteiger partial charge on any atom is -0.508 e. The number of aromatic hydroxyl groups is 1. The first kappa shape index (κ1) is 25.2. The highest BCUT2D eigenvalue weighted by atomic mass is 16.3. The molecule has 4 nitrogen and oxygen atoms in total. The molecule has 0 heterocycles. The van der Waals surface area contributed by atoms with Gasteiger partial charge in [0.2, 0.25) is 0 Å². The number of unbranched alkanes of at least 4 members (excludes halogenated alkanes) is 3. The van der Waals surface area contributed by atoms with Crippen molar-refractivity contribution in [3.8, 4) is 5.75 Å². The number of aliphatic hydroxyl groups is 3. The van der Waals surface area contributed by atoms with Crippen LogP contribution in [0.5, 0.6) is 5.75 Å². The van der Waals surface area contributed by atoms with E-state index in [0.29, 0.717) is 30.9 Å². The molecule has 1 aromatic rings. The summed E-state index contributed by atoms with van der Waals surface area (Å²) in [4.78, 5) is 0. The largest absolute Gasteiger partial charge is 0.508 e. The second-order valence-corrected chi connectivity index (χ2v) is 10.1. The molecule has 3 unspecified atom stereocenters. The third kappa shape index (κ3) is 6.70. The van der Waals surface area contributed by atoms with Crippen molar-refractivity contribution in [3.05, 3.63) is 29.3 Å². The van der Waals surface area contributed by atoms with Crippen LogP contribution in [0.3, 0.4) is 0 Å². The van der Waals surface area contributed by atoms with Crippen molar-refractivity contribution in [3.63, 3.8) is 0 Å². The lowest BCUT2D eigenvalue weighted by atomic mass is 9.66. The molecule has 1 aromatic carbocycles. The second-order valence-electron chi connectivity index (χ2n) is 10.1. The maximum Gasteiger partial charge on any atom is 0.119 e. The van der Waals surface area contributed by atoms with Crippen molar-refractivity contribution >= 4 is 0 Å². The highest BCUT2D eigenvalue weighted by molar-refractivity contribution is 5.42. The van der Waals surface area contributed by atoms with Crippen LogP contribution in [0.15, 0.2) is 18.2 Å². The summed E-state index contributed by atoms with van der Waals surface area (Å²) in [5.74, 6) is 0.694. The Hall–Kier alpha value is -1.10. The van der Waals surface area contributed by atoms with Crippen molar-refractivity contribution in [2.75, 3.05) is 13.2 Å². The maximum atomic E-state index is 11.0. The highest BCUT2D eigenvalue weighted by Crippen LogP contribution is 2.48. The molecule has 0 aliphatic heterocycles. The van der Waals surface area contributed by atoms with E-state index in [-0.39, 0.29) is 24.5 Å². The van der Waals surface area contributed by atoms with Gasteiger partial charge >= 0.3 is 0 Å². The number of rotatable bonds is 12. The molecule has 0 spiro atoms. The lowest BCUT2D eigenvalue weighted by Crippen LogP contribution is -2.39. The SMILES string of the molecule is CCCCCCC(C)(C)c1ccc(C2CC(O)(CCO)CCC2CCCO)c(O)c1. The van der Waals surface area contributed by atoms with Crippen molar-refractivity contribution in [2.24, 2.45) is 5.92 Å². The van der Waals surface area contributed by atoms with Crippen LogP contribution in [0.2, 0.25) is 0 Å². The summed E-state index contributed by atoms with van der Waals surface area (Å²) in [5, 5.41) is 40.6. The van der Waals surface area contributed by atoms with E-state index in [9.17, 15) is 20.4 Å². The third-order valence-corrected chi connectivity index (χ3v) is 7.33. The van der Waals surface area contributed by atoms with Gasteiger partial charge in [0.1, 0.15) is 5.75 Å². The van der Waals surface area contributed by atoms with E-state index in [1.165, 1.54) is 25.7 Å².